The Labute approximate surface area is 144 Å². The van der Waals surface area contributed by atoms with E-state index in [4.69, 9.17) is 0 Å². The maximum atomic E-state index is 12.7. The predicted molar refractivity (Wildman–Crippen MR) is 92.9 cm³/mol. The molecule has 0 aromatic heterocycles. The number of Topliss-reactive ketones (excluding diaryl/α,β-unsaturated/α-hetero) is 1. The van der Waals surface area contributed by atoms with E-state index in [9.17, 15) is 14.9 Å². The number of allylic oxidation sites excluding steroid dienone is 4. The molecule has 0 aromatic rings. The van der Waals surface area contributed by atoms with Gasteiger partial charge in [0.1, 0.15) is 6.07 Å². The Balaban J connectivity index is 2.22. The average molecular weight is 325 g/mol. The molecule has 0 bridgehead atoms. The molecule has 0 aliphatic heterocycles. The highest BCUT2D eigenvalue weighted by Gasteiger charge is 2.59. The average Bonchev–Trinajstić information content (AvgIpc) is 2.52. The number of carbonyl (C=O) groups is 2. The molecule has 0 radical (unpaired) electrons. The SMILES string of the molecule is CC[C@@H]1CC2(C)CC[C@H]3C(C)(C)C(=O)C(C#N)=CC3(C)C2=CC1=O. The predicted octanol–water partition coefficient (Wildman–Crippen LogP) is 4.39. The maximum Gasteiger partial charge on any atom is 0.178 e. The highest BCUT2D eigenvalue weighted by molar-refractivity contribution is 6.04. The Bertz CT molecular complexity index is 721. The van der Waals surface area contributed by atoms with Crippen LogP contribution in [0.15, 0.2) is 23.3 Å². The minimum atomic E-state index is -0.568. The molecule has 3 aliphatic carbocycles. The molecule has 0 saturated heterocycles. The van der Waals surface area contributed by atoms with E-state index < -0.39 is 5.41 Å². The van der Waals surface area contributed by atoms with E-state index in [2.05, 4.69) is 26.8 Å². The van der Waals surface area contributed by atoms with Crippen LogP contribution in [0.3, 0.4) is 0 Å². The van der Waals surface area contributed by atoms with E-state index in [0.29, 0.717) is 0 Å². The molecule has 3 rings (SSSR count). The van der Waals surface area contributed by atoms with Gasteiger partial charge in [0.25, 0.3) is 0 Å². The smallest absolute Gasteiger partial charge is 0.178 e. The number of nitrogens with zero attached hydrogens (tertiary/aromatic N) is 1. The van der Waals surface area contributed by atoms with Crippen molar-refractivity contribution in [2.75, 3.05) is 0 Å². The standard InChI is InChI=1S/C21H27NO2/c1-6-13-10-20(4)8-7-16-19(2,3)18(24)14(12-22)11-21(16,5)17(20)9-15(13)23/h9,11,13,16H,6-8,10H2,1-5H3/t13-,16+,20?,21?/m1/s1. The van der Waals surface area contributed by atoms with Crippen molar-refractivity contribution in [2.24, 2.45) is 28.1 Å². The minimum absolute atomic E-state index is 0.00658. The molecule has 0 aromatic carbocycles. The fourth-order valence-corrected chi connectivity index (χ4v) is 5.77. The summed E-state index contributed by atoms with van der Waals surface area (Å²) in [4.78, 5) is 25.3. The summed E-state index contributed by atoms with van der Waals surface area (Å²) in [5, 5.41) is 9.47. The summed E-state index contributed by atoms with van der Waals surface area (Å²) < 4.78 is 0. The lowest BCUT2D eigenvalue weighted by Gasteiger charge is -2.58. The molecule has 128 valence electrons. The Morgan fingerprint density at radius 2 is 1.92 bits per heavy atom. The summed E-state index contributed by atoms with van der Waals surface area (Å²) in [5.74, 6) is 0.412. The van der Waals surface area contributed by atoms with Crippen LogP contribution < -0.4 is 0 Å². The first-order valence-corrected chi connectivity index (χ1v) is 9.04. The molecule has 0 amide bonds. The lowest BCUT2D eigenvalue weighted by molar-refractivity contribution is -0.131. The second-order valence-electron chi connectivity index (χ2n) is 8.92. The van der Waals surface area contributed by atoms with Gasteiger partial charge in [0.05, 0.1) is 5.57 Å². The Morgan fingerprint density at radius 3 is 2.50 bits per heavy atom. The van der Waals surface area contributed by atoms with Crippen molar-refractivity contribution in [1.29, 1.82) is 5.26 Å². The van der Waals surface area contributed by atoms with E-state index in [1.54, 1.807) is 0 Å². The molecule has 3 aliphatic rings. The topological polar surface area (TPSA) is 57.9 Å². The third-order valence-corrected chi connectivity index (χ3v) is 7.08. The van der Waals surface area contributed by atoms with Gasteiger partial charge in [-0.05, 0) is 43.1 Å². The number of hydrogen-bond acceptors (Lipinski definition) is 3. The van der Waals surface area contributed by atoms with Crippen LogP contribution in [0, 0.1) is 39.4 Å². The summed E-state index contributed by atoms with van der Waals surface area (Å²) >= 11 is 0. The first-order valence-electron chi connectivity index (χ1n) is 9.04. The fraction of sp³-hybridized carbons (Fsp3) is 0.667. The van der Waals surface area contributed by atoms with Crippen molar-refractivity contribution < 1.29 is 9.59 Å². The molecule has 4 atom stereocenters. The van der Waals surface area contributed by atoms with Gasteiger partial charge in [0.15, 0.2) is 11.6 Å². The van der Waals surface area contributed by atoms with Crippen molar-refractivity contribution in [2.45, 2.75) is 60.3 Å². The zero-order valence-corrected chi connectivity index (χ0v) is 15.4. The van der Waals surface area contributed by atoms with Gasteiger partial charge < -0.3 is 0 Å². The van der Waals surface area contributed by atoms with Crippen LogP contribution in [0.25, 0.3) is 0 Å². The summed E-state index contributed by atoms with van der Waals surface area (Å²) in [6, 6.07) is 2.11. The van der Waals surface area contributed by atoms with Crippen LogP contribution in [-0.2, 0) is 9.59 Å². The van der Waals surface area contributed by atoms with Crippen molar-refractivity contribution in [1.82, 2.24) is 0 Å². The first kappa shape index (κ1) is 17.1. The quantitative estimate of drug-likeness (QED) is 0.718. The van der Waals surface area contributed by atoms with Gasteiger partial charge in [-0.25, -0.2) is 0 Å². The zero-order chi connectivity index (χ0) is 17.9. The molecule has 0 spiro atoms. The second-order valence-corrected chi connectivity index (χ2v) is 8.92. The lowest BCUT2D eigenvalue weighted by Crippen LogP contribution is -2.54. The zero-order valence-electron chi connectivity index (χ0n) is 15.4. The highest BCUT2D eigenvalue weighted by Crippen LogP contribution is 2.64. The second kappa shape index (κ2) is 5.15. The van der Waals surface area contributed by atoms with E-state index in [1.165, 1.54) is 0 Å². The summed E-state index contributed by atoms with van der Waals surface area (Å²) in [7, 11) is 0. The van der Waals surface area contributed by atoms with Gasteiger partial charge in [0.2, 0.25) is 0 Å². The van der Waals surface area contributed by atoms with E-state index in [-0.39, 0.29) is 39.8 Å². The fourth-order valence-electron chi connectivity index (χ4n) is 5.77. The first-order chi connectivity index (χ1) is 11.1. The highest BCUT2D eigenvalue weighted by atomic mass is 16.1. The van der Waals surface area contributed by atoms with Crippen LogP contribution in [0.1, 0.15) is 60.3 Å². The van der Waals surface area contributed by atoms with Crippen LogP contribution >= 0.6 is 0 Å². The van der Waals surface area contributed by atoms with Crippen LogP contribution in [0.5, 0.6) is 0 Å². The normalized spacial score (nSPS) is 40.8. The largest absolute Gasteiger partial charge is 0.295 e. The van der Waals surface area contributed by atoms with Crippen LogP contribution in [0.4, 0.5) is 0 Å². The molecule has 3 nitrogen and oxygen atoms in total. The lowest BCUT2D eigenvalue weighted by atomic mass is 9.44. The minimum Gasteiger partial charge on any atom is -0.295 e. The van der Waals surface area contributed by atoms with Crippen LogP contribution in [-0.4, -0.2) is 11.6 Å². The molecule has 1 fully saturated rings. The summed E-state index contributed by atoms with van der Waals surface area (Å²) in [6.45, 7) is 10.4. The van der Waals surface area contributed by atoms with Gasteiger partial charge in [-0.1, -0.05) is 46.3 Å². The number of rotatable bonds is 1. The number of hydrogen-bond donors (Lipinski definition) is 0. The van der Waals surface area contributed by atoms with Gasteiger partial charge in [-0.3, -0.25) is 9.59 Å². The third kappa shape index (κ3) is 2.08. The van der Waals surface area contributed by atoms with Gasteiger partial charge in [-0.2, -0.15) is 5.26 Å². The van der Waals surface area contributed by atoms with Gasteiger partial charge in [-0.15, -0.1) is 0 Å². The summed E-state index contributed by atoms with van der Waals surface area (Å²) in [6.07, 6.45) is 7.47. The number of fused-ring (bicyclic) bond motifs is 3. The van der Waals surface area contributed by atoms with E-state index in [1.807, 2.05) is 26.0 Å². The van der Waals surface area contributed by atoms with Crippen molar-refractivity contribution >= 4 is 11.6 Å². The molecular formula is C21H27NO2. The molecule has 24 heavy (non-hydrogen) atoms. The Hall–Kier alpha value is -1.69. The van der Waals surface area contributed by atoms with E-state index in [0.717, 1.165) is 31.3 Å². The monoisotopic (exact) mass is 325 g/mol. The molecular weight excluding hydrogens is 298 g/mol. The van der Waals surface area contributed by atoms with E-state index >= 15 is 0 Å². The van der Waals surface area contributed by atoms with Crippen molar-refractivity contribution in [3.05, 3.63) is 23.3 Å². The number of ketones is 2. The molecule has 2 unspecified atom stereocenters. The molecule has 3 heteroatoms. The number of nitriles is 1. The molecule has 0 N–H and O–H groups in total. The third-order valence-electron chi connectivity index (χ3n) is 7.08. The van der Waals surface area contributed by atoms with Gasteiger partial charge in [0, 0.05) is 16.7 Å². The Morgan fingerprint density at radius 1 is 1.25 bits per heavy atom. The van der Waals surface area contributed by atoms with Crippen molar-refractivity contribution in [3.8, 4) is 6.07 Å². The van der Waals surface area contributed by atoms with Gasteiger partial charge >= 0.3 is 0 Å². The maximum absolute atomic E-state index is 12.7. The molecule has 0 heterocycles. The number of carbonyl (C=O) groups excluding carboxylic acids is 2. The van der Waals surface area contributed by atoms with Crippen molar-refractivity contribution in [3.63, 3.8) is 0 Å². The Kier molecular flexibility index (Phi) is 3.68. The summed E-state index contributed by atoms with van der Waals surface area (Å²) in [5.41, 5.74) is 0.446. The van der Waals surface area contributed by atoms with Crippen LogP contribution in [0.2, 0.25) is 0 Å². The molecule has 1 saturated carbocycles.